The van der Waals surface area contributed by atoms with E-state index < -0.39 is 0 Å². The Morgan fingerprint density at radius 2 is 1.76 bits per heavy atom. The van der Waals surface area contributed by atoms with Gasteiger partial charge in [0.2, 0.25) is 0 Å². The third kappa shape index (κ3) is 2.59. The summed E-state index contributed by atoms with van der Waals surface area (Å²) in [5, 5.41) is 4.50. The minimum absolute atomic E-state index is 0.170. The normalized spacial score (nSPS) is 11.0. The highest BCUT2D eigenvalue weighted by Gasteiger charge is 2.14. The number of H-pyrrole nitrogens is 1. The summed E-state index contributed by atoms with van der Waals surface area (Å²) < 4.78 is 6.69. The van der Waals surface area contributed by atoms with Gasteiger partial charge in [0.15, 0.2) is 0 Å². The minimum atomic E-state index is -0.170. The molecule has 0 aliphatic heterocycles. The molecule has 0 unspecified atom stereocenters. The number of nitrogens with one attached hydrogen (secondary N) is 1. The molecule has 0 spiro atoms. The SMILES string of the molecule is COc1cccc(-c2cc(=O)n3nc(-c4ccccc4)c(C)c3[nH]2)c1. The fraction of sp³-hybridized carbons (Fsp3) is 0.100. The molecule has 5 nitrogen and oxygen atoms in total. The molecule has 0 atom stereocenters. The molecule has 2 aromatic heterocycles. The molecule has 4 rings (SSSR count). The van der Waals surface area contributed by atoms with Crippen molar-refractivity contribution < 1.29 is 4.74 Å². The van der Waals surface area contributed by atoms with Gasteiger partial charge in [-0.15, -0.1) is 0 Å². The van der Waals surface area contributed by atoms with Crippen molar-refractivity contribution in [2.75, 3.05) is 7.11 Å². The van der Waals surface area contributed by atoms with Crippen LogP contribution in [-0.2, 0) is 0 Å². The van der Waals surface area contributed by atoms with Crippen LogP contribution in [0.3, 0.4) is 0 Å². The summed E-state index contributed by atoms with van der Waals surface area (Å²) in [7, 11) is 1.62. The van der Waals surface area contributed by atoms with E-state index in [1.807, 2.05) is 61.5 Å². The number of hydrogen-bond acceptors (Lipinski definition) is 3. The van der Waals surface area contributed by atoms with Crippen LogP contribution < -0.4 is 10.3 Å². The van der Waals surface area contributed by atoms with Gasteiger partial charge in [-0.3, -0.25) is 4.79 Å². The fourth-order valence-electron chi connectivity index (χ4n) is 2.97. The molecule has 0 bridgehead atoms. The molecule has 0 aliphatic rings. The minimum Gasteiger partial charge on any atom is -0.497 e. The number of aryl methyl sites for hydroxylation is 1. The molecule has 124 valence electrons. The maximum Gasteiger partial charge on any atom is 0.274 e. The Morgan fingerprint density at radius 1 is 1.00 bits per heavy atom. The van der Waals surface area contributed by atoms with Gasteiger partial charge in [-0.05, 0) is 19.1 Å². The lowest BCUT2D eigenvalue weighted by molar-refractivity contribution is 0.415. The number of aromatic amines is 1. The highest BCUT2D eigenvalue weighted by molar-refractivity contribution is 5.72. The molecule has 0 radical (unpaired) electrons. The monoisotopic (exact) mass is 331 g/mol. The van der Waals surface area contributed by atoms with Gasteiger partial charge in [0.1, 0.15) is 11.4 Å². The van der Waals surface area contributed by atoms with Crippen LogP contribution in [0.15, 0.2) is 65.5 Å². The summed E-state index contributed by atoms with van der Waals surface area (Å²) in [5.74, 6) is 0.744. The molecule has 5 heteroatoms. The first kappa shape index (κ1) is 15.2. The largest absolute Gasteiger partial charge is 0.497 e. The number of hydrogen-bond donors (Lipinski definition) is 1. The number of benzene rings is 2. The van der Waals surface area contributed by atoms with Crippen LogP contribution in [0, 0.1) is 6.92 Å². The average molecular weight is 331 g/mol. The van der Waals surface area contributed by atoms with Crippen molar-refractivity contribution in [2.24, 2.45) is 0 Å². The van der Waals surface area contributed by atoms with Crippen molar-refractivity contribution in [1.29, 1.82) is 0 Å². The number of methoxy groups -OCH3 is 1. The number of nitrogens with zero attached hydrogens (tertiary/aromatic N) is 2. The maximum absolute atomic E-state index is 12.6. The third-order valence-electron chi connectivity index (χ3n) is 4.28. The molecular weight excluding hydrogens is 314 g/mol. The third-order valence-corrected chi connectivity index (χ3v) is 4.28. The molecule has 25 heavy (non-hydrogen) atoms. The van der Waals surface area contributed by atoms with Gasteiger partial charge in [0.25, 0.3) is 5.56 Å². The Hall–Kier alpha value is -3.34. The van der Waals surface area contributed by atoms with E-state index >= 15 is 0 Å². The molecule has 0 aliphatic carbocycles. The van der Waals surface area contributed by atoms with Crippen molar-refractivity contribution in [3.8, 4) is 28.3 Å². The second kappa shape index (κ2) is 5.94. The van der Waals surface area contributed by atoms with Crippen LogP contribution in [0.25, 0.3) is 28.2 Å². The van der Waals surface area contributed by atoms with E-state index in [2.05, 4.69) is 10.1 Å². The first-order valence-corrected chi connectivity index (χ1v) is 8.00. The number of fused-ring (bicyclic) bond motifs is 1. The zero-order valence-corrected chi connectivity index (χ0v) is 14.0. The summed E-state index contributed by atoms with van der Waals surface area (Å²) in [5.41, 5.74) is 4.88. The van der Waals surface area contributed by atoms with E-state index in [1.165, 1.54) is 4.52 Å². The molecule has 4 aromatic rings. The Labute approximate surface area is 144 Å². The molecular formula is C20H17N3O2. The second-order valence-electron chi connectivity index (χ2n) is 5.85. The predicted molar refractivity (Wildman–Crippen MR) is 98.0 cm³/mol. The van der Waals surface area contributed by atoms with Crippen LogP contribution >= 0.6 is 0 Å². The summed E-state index contributed by atoms with van der Waals surface area (Å²) in [6, 6.07) is 19.0. The van der Waals surface area contributed by atoms with Crippen molar-refractivity contribution in [3.05, 3.63) is 76.6 Å². The van der Waals surface area contributed by atoms with E-state index in [0.717, 1.165) is 33.8 Å². The lowest BCUT2D eigenvalue weighted by Crippen LogP contribution is -2.14. The highest BCUT2D eigenvalue weighted by Crippen LogP contribution is 2.26. The van der Waals surface area contributed by atoms with Gasteiger partial charge in [-0.1, -0.05) is 42.5 Å². The van der Waals surface area contributed by atoms with Crippen LogP contribution in [0.2, 0.25) is 0 Å². The fourth-order valence-corrected chi connectivity index (χ4v) is 2.97. The zero-order valence-electron chi connectivity index (χ0n) is 14.0. The van der Waals surface area contributed by atoms with Gasteiger partial charge in [-0.2, -0.15) is 9.61 Å². The Balaban J connectivity index is 1.93. The lowest BCUT2D eigenvalue weighted by atomic mass is 10.1. The lowest BCUT2D eigenvalue weighted by Gasteiger charge is -2.05. The Bertz CT molecular complexity index is 1110. The van der Waals surface area contributed by atoms with Gasteiger partial charge < -0.3 is 9.72 Å². The molecule has 0 fully saturated rings. The number of rotatable bonds is 3. The molecule has 1 N–H and O–H groups in total. The smallest absolute Gasteiger partial charge is 0.274 e. The van der Waals surface area contributed by atoms with Crippen LogP contribution in [-0.4, -0.2) is 21.7 Å². The molecule has 0 amide bonds. The van der Waals surface area contributed by atoms with Crippen LogP contribution in [0.5, 0.6) is 5.75 Å². The Morgan fingerprint density at radius 3 is 2.52 bits per heavy atom. The molecule has 0 saturated carbocycles. The summed E-state index contributed by atoms with van der Waals surface area (Å²) >= 11 is 0. The van der Waals surface area contributed by atoms with Crippen molar-refractivity contribution >= 4 is 5.65 Å². The Kier molecular flexibility index (Phi) is 3.61. The van der Waals surface area contributed by atoms with Gasteiger partial charge in [0, 0.05) is 22.8 Å². The quantitative estimate of drug-likeness (QED) is 0.623. The maximum atomic E-state index is 12.6. The van der Waals surface area contributed by atoms with E-state index in [-0.39, 0.29) is 5.56 Å². The summed E-state index contributed by atoms with van der Waals surface area (Å²) in [6.07, 6.45) is 0. The molecule has 2 heterocycles. The predicted octanol–water partition coefficient (Wildman–Crippen LogP) is 3.67. The van der Waals surface area contributed by atoms with Crippen LogP contribution in [0.1, 0.15) is 5.56 Å². The average Bonchev–Trinajstić information content (AvgIpc) is 3.00. The molecule has 0 saturated heterocycles. The first-order chi connectivity index (χ1) is 12.2. The van der Waals surface area contributed by atoms with Gasteiger partial charge in [0.05, 0.1) is 18.5 Å². The van der Waals surface area contributed by atoms with Crippen molar-refractivity contribution in [1.82, 2.24) is 14.6 Å². The number of ether oxygens (including phenoxy) is 1. The molecule has 2 aromatic carbocycles. The van der Waals surface area contributed by atoms with E-state index in [9.17, 15) is 4.79 Å². The van der Waals surface area contributed by atoms with Crippen LogP contribution in [0.4, 0.5) is 0 Å². The number of aromatic nitrogens is 3. The first-order valence-electron chi connectivity index (χ1n) is 8.00. The standard InChI is InChI=1S/C20H17N3O2/c1-13-19(14-7-4-3-5-8-14)22-23-18(24)12-17(21-20(13)23)15-9-6-10-16(11-15)25-2/h3-12,21H,1-2H3. The summed E-state index contributed by atoms with van der Waals surface area (Å²) in [4.78, 5) is 15.9. The summed E-state index contributed by atoms with van der Waals surface area (Å²) in [6.45, 7) is 1.97. The van der Waals surface area contributed by atoms with E-state index in [1.54, 1.807) is 13.2 Å². The van der Waals surface area contributed by atoms with Crippen molar-refractivity contribution in [2.45, 2.75) is 6.92 Å². The van der Waals surface area contributed by atoms with Gasteiger partial charge in [-0.25, -0.2) is 0 Å². The zero-order chi connectivity index (χ0) is 17.4. The highest BCUT2D eigenvalue weighted by atomic mass is 16.5. The van der Waals surface area contributed by atoms with E-state index in [0.29, 0.717) is 5.65 Å². The topological polar surface area (TPSA) is 59.4 Å². The van der Waals surface area contributed by atoms with E-state index in [4.69, 9.17) is 4.74 Å². The van der Waals surface area contributed by atoms with Gasteiger partial charge >= 0.3 is 0 Å². The second-order valence-corrected chi connectivity index (χ2v) is 5.85. The van der Waals surface area contributed by atoms with Crippen molar-refractivity contribution in [3.63, 3.8) is 0 Å².